The molecular weight excluding hydrogens is 643 g/mol. The average molecular weight is 686 g/mol. The summed E-state index contributed by atoms with van der Waals surface area (Å²) in [6, 6.07) is 10.9. The van der Waals surface area contributed by atoms with Gasteiger partial charge in [0, 0.05) is 47.3 Å². The molecule has 0 saturated carbocycles. The van der Waals surface area contributed by atoms with Gasteiger partial charge in [-0.1, -0.05) is 121 Å². The lowest BCUT2D eigenvalue weighted by atomic mass is 10.0. The van der Waals surface area contributed by atoms with Crippen LogP contribution >= 0.6 is 11.3 Å². The van der Waals surface area contributed by atoms with E-state index >= 15 is 0 Å². The van der Waals surface area contributed by atoms with Crippen LogP contribution in [0.4, 0.5) is 0 Å². The fraction of sp³-hybridized carbons (Fsp3) is 0. The van der Waals surface area contributed by atoms with Crippen LogP contribution in [0.1, 0.15) is 21.9 Å². The highest BCUT2D eigenvalue weighted by atomic mass is 32.1. The highest BCUT2D eigenvalue weighted by Crippen LogP contribution is 2.41. The summed E-state index contributed by atoms with van der Waals surface area (Å²) in [5.41, 5.74) is 1.13. The molecule has 7 aromatic carbocycles. The molecule has 4 aromatic heterocycles. The van der Waals surface area contributed by atoms with Crippen LogP contribution < -0.4 is 0 Å². The van der Waals surface area contributed by atoms with E-state index in [-0.39, 0.29) is 49.4 Å². The molecule has 4 heterocycles. The summed E-state index contributed by atoms with van der Waals surface area (Å²) in [6.45, 7) is 0. The summed E-state index contributed by atoms with van der Waals surface area (Å²) < 4.78 is 146. The van der Waals surface area contributed by atoms with Crippen molar-refractivity contribution in [1.82, 2.24) is 24.1 Å². The minimum Gasteiger partial charge on any atom is -0.278 e. The number of benzene rings is 7. The van der Waals surface area contributed by atoms with Crippen molar-refractivity contribution in [3.8, 4) is 34.4 Å². The van der Waals surface area contributed by atoms with Crippen LogP contribution in [0.5, 0.6) is 0 Å². The fourth-order valence-corrected chi connectivity index (χ4v) is 7.93. The topological polar surface area (TPSA) is 48.5 Å². The smallest absolute Gasteiger partial charge is 0.240 e. The van der Waals surface area contributed by atoms with E-state index in [0.717, 1.165) is 40.4 Å². The molecule has 11 rings (SSSR count). The largest absolute Gasteiger partial charge is 0.278 e. The van der Waals surface area contributed by atoms with E-state index in [4.69, 9.17) is 31.4 Å². The highest BCUT2D eigenvalue weighted by Gasteiger charge is 2.21. The SMILES string of the molecule is [2H]c1c([2H])c([2H])c2c(c1[2H])c1c([2H])c([2H])c([2H])c([2H])c1n2-c1nc(-c2ccc3sc4c(-c5ccccc5)cccc4c3c2)nc(-n2c3c([2H])c([2H])c([2H])c([2H])c3c3c([2H])c([2H])c([2H])c([2H])c32)n1. The third kappa shape index (κ3) is 4.24. The van der Waals surface area contributed by atoms with E-state index in [9.17, 15) is 5.48 Å². The summed E-state index contributed by atoms with van der Waals surface area (Å²) in [5, 5.41) is 0.698. The zero-order chi connectivity index (χ0) is 47.4. The van der Waals surface area contributed by atoms with Gasteiger partial charge >= 0.3 is 0 Å². The molecule has 0 atom stereocenters. The van der Waals surface area contributed by atoms with Crippen molar-refractivity contribution in [2.24, 2.45) is 0 Å². The Hall–Kier alpha value is -6.63. The van der Waals surface area contributed by atoms with Gasteiger partial charge in [-0.3, -0.25) is 9.13 Å². The summed E-state index contributed by atoms with van der Waals surface area (Å²) in [6.07, 6.45) is 0. The fourth-order valence-electron chi connectivity index (χ4n) is 6.71. The molecule has 0 aliphatic carbocycles. The molecule has 0 N–H and O–H groups in total. The van der Waals surface area contributed by atoms with Crippen molar-refractivity contribution in [3.63, 3.8) is 0 Å². The van der Waals surface area contributed by atoms with Crippen LogP contribution in [0, 0.1) is 0 Å². The van der Waals surface area contributed by atoms with Gasteiger partial charge < -0.3 is 0 Å². The Kier molecular flexibility index (Phi) is 3.61. The van der Waals surface area contributed by atoms with E-state index in [0.29, 0.717) is 5.56 Å². The summed E-state index contributed by atoms with van der Waals surface area (Å²) in [4.78, 5) is 14.5. The van der Waals surface area contributed by atoms with Crippen molar-refractivity contribution < 1.29 is 21.9 Å². The molecule has 6 heteroatoms. The van der Waals surface area contributed by atoms with E-state index in [1.54, 1.807) is 17.4 Å². The highest BCUT2D eigenvalue weighted by molar-refractivity contribution is 7.26. The second-order valence-corrected chi connectivity index (χ2v) is 12.7. The number of para-hydroxylation sites is 4. The Bertz CT molecular complexity index is 3740. The predicted octanol–water partition coefficient (Wildman–Crippen LogP) is 11.8. The molecule has 0 aliphatic rings. The summed E-state index contributed by atoms with van der Waals surface area (Å²) in [5.74, 6) is -1.02. The third-order valence-corrected chi connectivity index (χ3v) is 10.1. The zero-order valence-electron chi connectivity index (χ0n) is 42.0. The van der Waals surface area contributed by atoms with Gasteiger partial charge in [0.15, 0.2) is 5.82 Å². The van der Waals surface area contributed by atoms with E-state index < -0.39 is 109 Å². The van der Waals surface area contributed by atoms with Crippen molar-refractivity contribution in [3.05, 3.63) is 163 Å². The van der Waals surface area contributed by atoms with Gasteiger partial charge in [-0.2, -0.15) is 15.0 Å². The van der Waals surface area contributed by atoms with Gasteiger partial charge in [0.25, 0.3) is 0 Å². The molecule has 11 aromatic rings. The van der Waals surface area contributed by atoms with Crippen molar-refractivity contribution in [2.45, 2.75) is 0 Å². The zero-order valence-corrected chi connectivity index (χ0v) is 26.8. The number of nitrogens with zero attached hydrogens (tertiary/aromatic N) is 5. The van der Waals surface area contributed by atoms with Gasteiger partial charge in [0.05, 0.1) is 44.0 Å². The lowest BCUT2D eigenvalue weighted by Crippen LogP contribution is -2.10. The van der Waals surface area contributed by atoms with Crippen LogP contribution in [0.15, 0.2) is 163 Å². The Morgan fingerprint density at radius 1 is 0.451 bits per heavy atom. The Balaban J connectivity index is 1.33. The maximum absolute atomic E-state index is 9.17. The van der Waals surface area contributed by atoms with Gasteiger partial charge in [-0.05, 0) is 53.5 Å². The predicted molar refractivity (Wildman–Crippen MR) is 212 cm³/mol. The molecule has 0 fully saturated rings. The molecule has 0 spiro atoms. The second-order valence-electron chi connectivity index (χ2n) is 11.7. The molecule has 0 aliphatic heterocycles. The molecular formula is C45H27N5S. The number of thiophene rings is 1. The first-order chi connectivity index (χ1) is 31.9. The number of fused-ring (bicyclic) bond motifs is 9. The molecule has 0 bridgehead atoms. The molecule has 5 nitrogen and oxygen atoms in total. The van der Waals surface area contributed by atoms with Crippen LogP contribution in [0.2, 0.25) is 0 Å². The van der Waals surface area contributed by atoms with Gasteiger partial charge in [-0.15, -0.1) is 11.3 Å². The average Bonchev–Trinajstić information content (AvgIpc) is 4.03. The first kappa shape index (κ1) is 16.9. The number of aromatic nitrogens is 5. The first-order valence-electron chi connectivity index (χ1n) is 23.7. The minimum atomic E-state index is -0.689. The Morgan fingerprint density at radius 3 is 1.53 bits per heavy atom. The lowest BCUT2D eigenvalue weighted by Gasteiger charge is -2.12. The van der Waals surface area contributed by atoms with Crippen molar-refractivity contribution >= 4 is 75.1 Å². The number of hydrogen-bond acceptors (Lipinski definition) is 4. The molecule has 0 radical (unpaired) electrons. The van der Waals surface area contributed by atoms with Crippen LogP contribution in [-0.4, -0.2) is 24.1 Å². The number of rotatable bonds is 4. The van der Waals surface area contributed by atoms with Gasteiger partial charge in [0.1, 0.15) is 0 Å². The number of hydrogen-bond donors (Lipinski definition) is 0. The Labute approximate surface area is 318 Å². The standard InChI is InChI=1S/C45H27N5S/c1-2-13-28(14-3-1)30-19-12-20-35-36-27-29(25-26-41(36)51-42(30)35)43-46-44(49-37-21-8-4-15-31(37)32-16-5-9-22-38(32)49)48-45(47-43)50-39-23-10-6-17-33(39)34-18-7-11-24-40(34)50/h1-27H/i4D,5D,6D,7D,8D,9D,10D,11D,15D,16D,17D,18D,21D,22D,23D,24D. The summed E-state index contributed by atoms with van der Waals surface area (Å²) >= 11 is 1.57. The maximum Gasteiger partial charge on any atom is 0.240 e. The summed E-state index contributed by atoms with van der Waals surface area (Å²) in [7, 11) is 0. The van der Waals surface area contributed by atoms with Crippen molar-refractivity contribution in [2.75, 3.05) is 0 Å². The van der Waals surface area contributed by atoms with Crippen LogP contribution in [-0.2, 0) is 0 Å². The molecule has 0 saturated heterocycles. The lowest BCUT2D eigenvalue weighted by molar-refractivity contribution is 0.893. The second kappa shape index (κ2) is 10.9. The maximum atomic E-state index is 9.17. The van der Waals surface area contributed by atoms with E-state index in [1.165, 1.54) is 0 Å². The minimum absolute atomic E-state index is 0.117. The normalized spacial score (nSPS) is 16.3. The van der Waals surface area contributed by atoms with Gasteiger partial charge in [-0.25, -0.2) is 0 Å². The molecule has 51 heavy (non-hydrogen) atoms. The first-order valence-corrected chi connectivity index (χ1v) is 16.6. The quantitative estimate of drug-likeness (QED) is 0.185. The van der Waals surface area contributed by atoms with Crippen molar-refractivity contribution in [1.29, 1.82) is 0 Å². The van der Waals surface area contributed by atoms with Crippen LogP contribution in [0.25, 0.3) is 98.2 Å². The van der Waals surface area contributed by atoms with Crippen LogP contribution in [0.3, 0.4) is 0 Å². The molecule has 0 unspecified atom stereocenters. The van der Waals surface area contributed by atoms with Gasteiger partial charge in [0.2, 0.25) is 11.9 Å². The Morgan fingerprint density at radius 2 is 0.980 bits per heavy atom. The monoisotopic (exact) mass is 685 g/mol. The third-order valence-electron chi connectivity index (χ3n) is 8.92. The molecule has 238 valence electrons. The van der Waals surface area contributed by atoms with E-state index in [2.05, 4.69) is 0 Å². The molecule has 0 amide bonds. The van der Waals surface area contributed by atoms with E-state index in [1.807, 2.05) is 60.7 Å².